The van der Waals surface area contributed by atoms with Gasteiger partial charge in [0, 0.05) is 11.8 Å². The zero-order valence-electron chi connectivity index (χ0n) is 9.84. The Morgan fingerprint density at radius 3 is 2.72 bits per heavy atom. The van der Waals surface area contributed by atoms with Gasteiger partial charge >= 0.3 is 0 Å². The molecule has 0 atom stereocenters. The van der Waals surface area contributed by atoms with Gasteiger partial charge in [0.15, 0.2) is 0 Å². The second kappa shape index (κ2) is 4.79. The number of nitro benzene ring substituents is 1. The van der Waals surface area contributed by atoms with Crippen LogP contribution in [0.3, 0.4) is 0 Å². The number of nitrogen functional groups attached to an aromatic ring is 1. The average molecular weight is 247 g/mol. The monoisotopic (exact) mass is 247 g/mol. The van der Waals surface area contributed by atoms with E-state index in [0.29, 0.717) is 12.2 Å². The lowest BCUT2D eigenvalue weighted by Crippen LogP contribution is -2.01. The highest BCUT2D eigenvalue weighted by atomic mass is 16.6. The van der Waals surface area contributed by atoms with E-state index in [9.17, 15) is 10.1 Å². The molecule has 0 aliphatic rings. The molecule has 18 heavy (non-hydrogen) atoms. The number of furan rings is 1. The fraction of sp³-hybridized carbons (Fsp3) is 0.167. The summed E-state index contributed by atoms with van der Waals surface area (Å²) in [5, 5.41) is 13.7. The number of aryl methyl sites for hydroxylation is 1. The van der Waals surface area contributed by atoms with Crippen molar-refractivity contribution < 1.29 is 9.34 Å². The molecule has 1 aromatic carbocycles. The molecular formula is C12H13N3O3. The number of anilines is 2. The van der Waals surface area contributed by atoms with Crippen LogP contribution in [0.4, 0.5) is 17.1 Å². The molecule has 0 aliphatic carbocycles. The number of nitrogens with zero attached hydrogens (tertiary/aromatic N) is 1. The lowest BCUT2D eigenvalue weighted by atomic mass is 10.2. The zero-order valence-corrected chi connectivity index (χ0v) is 9.84. The van der Waals surface area contributed by atoms with Crippen LogP contribution in [0, 0.1) is 17.0 Å². The van der Waals surface area contributed by atoms with E-state index in [1.54, 1.807) is 6.07 Å². The third-order valence-electron chi connectivity index (χ3n) is 2.49. The van der Waals surface area contributed by atoms with Crippen molar-refractivity contribution in [1.29, 1.82) is 0 Å². The first-order chi connectivity index (χ1) is 8.56. The van der Waals surface area contributed by atoms with Crippen molar-refractivity contribution in [3.05, 3.63) is 52.0 Å². The minimum absolute atomic E-state index is 0.0885. The second-order valence-corrected chi connectivity index (χ2v) is 3.90. The van der Waals surface area contributed by atoms with Crippen molar-refractivity contribution >= 4 is 17.1 Å². The number of hydrogen-bond acceptors (Lipinski definition) is 5. The van der Waals surface area contributed by atoms with Gasteiger partial charge in [-0.05, 0) is 31.2 Å². The Balaban J connectivity index is 2.06. The summed E-state index contributed by atoms with van der Waals surface area (Å²) in [7, 11) is 0. The zero-order chi connectivity index (χ0) is 13.1. The largest absolute Gasteiger partial charge is 0.465 e. The van der Waals surface area contributed by atoms with E-state index < -0.39 is 4.92 Å². The molecule has 2 aromatic rings. The Labute approximate surface area is 104 Å². The van der Waals surface area contributed by atoms with Gasteiger partial charge in [0.2, 0.25) is 0 Å². The molecule has 0 saturated carbocycles. The van der Waals surface area contributed by atoms with Crippen molar-refractivity contribution in [2.24, 2.45) is 0 Å². The molecule has 3 N–H and O–H groups in total. The quantitative estimate of drug-likeness (QED) is 0.492. The van der Waals surface area contributed by atoms with E-state index in [-0.39, 0.29) is 11.4 Å². The van der Waals surface area contributed by atoms with Gasteiger partial charge in [0.25, 0.3) is 5.69 Å². The normalized spacial score (nSPS) is 10.3. The van der Waals surface area contributed by atoms with Crippen molar-refractivity contribution in [3.63, 3.8) is 0 Å². The third kappa shape index (κ3) is 2.60. The van der Waals surface area contributed by atoms with E-state index in [2.05, 4.69) is 5.32 Å². The predicted molar refractivity (Wildman–Crippen MR) is 68.3 cm³/mol. The topological polar surface area (TPSA) is 94.3 Å². The van der Waals surface area contributed by atoms with Crippen LogP contribution in [0.15, 0.2) is 34.7 Å². The summed E-state index contributed by atoms with van der Waals surface area (Å²) in [4.78, 5) is 10.1. The maximum atomic E-state index is 10.6. The number of nitrogens with one attached hydrogen (secondary N) is 1. The van der Waals surface area contributed by atoms with Gasteiger partial charge in [-0.1, -0.05) is 0 Å². The molecule has 0 radical (unpaired) electrons. The summed E-state index contributed by atoms with van der Waals surface area (Å²) in [6.07, 6.45) is 0. The molecule has 94 valence electrons. The third-order valence-corrected chi connectivity index (χ3v) is 2.49. The summed E-state index contributed by atoms with van der Waals surface area (Å²) in [5.74, 6) is 1.64. The highest BCUT2D eigenvalue weighted by Gasteiger charge is 2.10. The van der Waals surface area contributed by atoms with Crippen molar-refractivity contribution in [2.45, 2.75) is 13.5 Å². The molecule has 0 aliphatic heterocycles. The van der Waals surface area contributed by atoms with Crippen LogP contribution in [-0.4, -0.2) is 4.92 Å². The highest BCUT2D eigenvalue weighted by Crippen LogP contribution is 2.24. The predicted octanol–water partition coefficient (Wildman–Crippen LogP) is 2.69. The molecule has 1 aromatic heterocycles. The van der Waals surface area contributed by atoms with Crippen LogP contribution in [0.1, 0.15) is 11.5 Å². The summed E-state index contributed by atoms with van der Waals surface area (Å²) in [5.41, 5.74) is 6.36. The summed E-state index contributed by atoms with van der Waals surface area (Å²) in [6, 6.07) is 8.28. The molecule has 0 bridgehead atoms. The van der Waals surface area contributed by atoms with Crippen LogP contribution in [0.2, 0.25) is 0 Å². The van der Waals surface area contributed by atoms with Crippen molar-refractivity contribution in [3.8, 4) is 0 Å². The van der Waals surface area contributed by atoms with E-state index in [1.807, 2.05) is 19.1 Å². The van der Waals surface area contributed by atoms with Gasteiger partial charge in [0.05, 0.1) is 11.5 Å². The molecule has 0 amide bonds. The highest BCUT2D eigenvalue weighted by molar-refractivity contribution is 5.65. The minimum atomic E-state index is -0.505. The molecule has 0 fully saturated rings. The smallest absolute Gasteiger partial charge is 0.292 e. The fourth-order valence-corrected chi connectivity index (χ4v) is 1.60. The lowest BCUT2D eigenvalue weighted by molar-refractivity contribution is -0.383. The van der Waals surface area contributed by atoms with Gasteiger partial charge in [-0.3, -0.25) is 10.1 Å². The van der Waals surface area contributed by atoms with Crippen molar-refractivity contribution in [1.82, 2.24) is 0 Å². The van der Waals surface area contributed by atoms with Crippen molar-refractivity contribution in [2.75, 3.05) is 11.1 Å². The van der Waals surface area contributed by atoms with Crippen LogP contribution in [-0.2, 0) is 6.54 Å². The minimum Gasteiger partial charge on any atom is -0.465 e. The van der Waals surface area contributed by atoms with Gasteiger partial charge in [-0.2, -0.15) is 0 Å². The maximum absolute atomic E-state index is 10.6. The lowest BCUT2D eigenvalue weighted by Gasteiger charge is -2.05. The molecule has 6 nitrogen and oxygen atoms in total. The molecule has 0 unspecified atom stereocenters. The average Bonchev–Trinajstić information content (AvgIpc) is 2.72. The van der Waals surface area contributed by atoms with Crippen LogP contribution in [0.5, 0.6) is 0 Å². The van der Waals surface area contributed by atoms with Gasteiger partial charge in [-0.25, -0.2) is 0 Å². The molecule has 0 saturated heterocycles. The Morgan fingerprint density at radius 2 is 2.17 bits per heavy atom. The van der Waals surface area contributed by atoms with E-state index in [0.717, 1.165) is 11.5 Å². The number of nitrogens with two attached hydrogens (primary N) is 1. The van der Waals surface area contributed by atoms with Crippen LogP contribution >= 0.6 is 0 Å². The van der Waals surface area contributed by atoms with Gasteiger partial charge in [-0.15, -0.1) is 0 Å². The Bertz CT molecular complexity index is 578. The van der Waals surface area contributed by atoms with Crippen LogP contribution in [0.25, 0.3) is 0 Å². The number of hydrogen-bond donors (Lipinski definition) is 2. The number of rotatable bonds is 4. The van der Waals surface area contributed by atoms with E-state index in [1.165, 1.54) is 12.1 Å². The van der Waals surface area contributed by atoms with Crippen LogP contribution < -0.4 is 11.1 Å². The summed E-state index contributed by atoms with van der Waals surface area (Å²) in [6.45, 7) is 2.37. The molecular weight excluding hydrogens is 234 g/mol. The first-order valence-corrected chi connectivity index (χ1v) is 5.39. The Kier molecular flexibility index (Phi) is 3.18. The Hall–Kier alpha value is -2.50. The van der Waals surface area contributed by atoms with E-state index in [4.69, 9.17) is 10.2 Å². The Morgan fingerprint density at radius 1 is 1.39 bits per heavy atom. The SMILES string of the molecule is Cc1ccc(CNc2ccc([N+](=O)[O-])c(N)c2)o1. The molecule has 1 heterocycles. The van der Waals surface area contributed by atoms with Gasteiger partial charge in [0.1, 0.15) is 17.2 Å². The first-order valence-electron chi connectivity index (χ1n) is 5.39. The molecule has 0 spiro atoms. The van der Waals surface area contributed by atoms with E-state index >= 15 is 0 Å². The molecule has 6 heteroatoms. The molecule has 2 rings (SSSR count). The summed E-state index contributed by atoms with van der Waals surface area (Å²) < 4.78 is 5.40. The first kappa shape index (κ1) is 12.0. The fourth-order valence-electron chi connectivity index (χ4n) is 1.60. The van der Waals surface area contributed by atoms with Gasteiger partial charge < -0.3 is 15.5 Å². The number of benzene rings is 1. The summed E-state index contributed by atoms with van der Waals surface area (Å²) >= 11 is 0. The second-order valence-electron chi connectivity index (χ2n) is 3.90. The maximum Gasteiger partial charge on any atom is 0.292 e. The number of nitro groups is 1. The standard InChI is InChI=1S/C12H13N3O3/c1-8-2-4-10(18-8)7-14-9-3-5-12(15(16)17)11(13)6-9/h2-6,14H,7,13H2,1H3.